The predicted octanol–water partition coefficient (Wildman–Crippen LogP) is 0.486. The first-order chi connectivity index (χ1) is 5.07. The van der Waals surface area contributed by atoms with E-state index < -0.39 is 16.8 Å². The van der Waals surface area contributed by atoms with Gasteiger partial charge in [-0.3, -0.25) is 9.59 Å². The summed E-state index contributed by atoms with van der Waals surface area (Å²) in [5.74, 6) is -0.871. The van der Waals surface area contributed by atoms with Gasteiger partial charge in [0.25, 0.3) is 0 Å². The first-order valence-corrected chi connectivity index (χ1v) is 3.84. The number of carbonyl (C=O) groups excluding carboxylic acids is 2. The van der Waals surface area contributed by atoms with E-state index in [9.17, 15) is 9.59 Å². The van der Waals surface area contributed by atoms with Gasteiger partial charge in [-0.25, -0.2) is 0 Å². The Hall–Kier alpha value is -0.580. The van der Waals surface area contributed by atoms with Gasteiger partial charge in [0.15, 0.2) is 0 Å². The van der Waals surface area contributed by atoms with E-state index in [-0.39, 0.29) is 6.61 Å². The SMILES string of the molecule is COC(=O)C(Br)COC(C)=O. The van der Waals surface area contributed by atoms with Crippen molar-refractivity contribution in [3.05, 3.63) is 0 Å². The molecule has 0 bridgehead atoms. The number of methoxy groups -OCH3 is 1. The molecular weight excluding hydrogens is 216 g/mol. The van der Waals surface area contributed by atoms with Crippen molar-refractivity contribution in [1.82, 2.24) is 0 Å². The highest BCUT2D eigenvalue weighted by atomic mass is 79.9. The number of carbonyl (C=O) groups is 2. The van der Waals surface area contributed by atoms with Crippen LogP contribution in [0, 0.1) is 0 Å². The van der Waals surface area contributed by atoms with Crippen molar-refractivity contribution in [3.8, 4) is 0 Å². The standard InChI is InChI=1S/C6H9BrO4/c1-4(8)11-3-5(7)6(9)10-2/h5H,3H2,1-2H3. The van der Waals surface area contributed by atoms with E-state index in [0.29, 0.717) is 0 Å². The number of rotatable bonds is 3. The zero-order chi connectivity index (χ0) is 8.85. The molecule has 0 heterocycles. The average molecular weight is 225 g/mol. The summed E-state index contributed by atoms with van der Waals surface area (Å²) < 4.78 is 8.91. The van der Waals surface area contributed by atoms with Gasteiger partial charge in [-0.1, -0.05) is 15.9 Å². The molecule has 0 radical (unpaired) electrons. The molecule has 0 rings (SSSR count). The van der Waals surface area contributed by atoms with Gasteiger partial charge in [-0.2, -0.15) is 0 Å². The van der Waals surface area contributed by atoms with Gasteiger partial charge in [0.1, 0.15) is 11.4 Å². The minimum absolute atomic E-state index is 0.00199. The Labute approximate surface area is 73.0 Å². The van der Waals surface area contributed by atoms with Crippen LogP contribution in [0.5, 0.6) is 0 Å². The molecule has 0 aliphatic rings. The quantitative estimate of drug-likeness (QED) is 0.518. The summed E-state index contributed by atoms with van der Waals surface area (Å²) in [6.07, 6.45) is 0. The number of halogens is 1. The molecule has 64 valence electrons. The molecule has 4 nitrogen and oxygen atoms in total. The highest BCUT2D eigenvalue weighted by molar-refractivity contribution is 9.10. The molecule has 0 aliphatic carbocycles. The fourth-order valence-electron chi connectivity index (χ4n) is 0.386. The molecule has 0 saturated carbocycles. The Morgan fingerprint density at radius 1 is 1.55 bits per heavy atom. The van der Waals surface area contributed by atoms with Crippen molar-refractivity contribution in [3.63, 3.8) is 0 Å². The summed E-state index contributed by atoms with van der Waals surface area (Å²) >= 11 is 2.98. The molecule has 0 spiro atoms. The second-order valence-electron chi connectivity index (χ2n) is 1.79. The minimum atomic E-state index is -0.573. The van der Waals surface area contributed by atoms with Crippen LogP contribution >= 0.6 is 15.9 Å². The van der Waals surface area contributed by atoms with Crippen LogP contribution in [-0.4, -0.2) is 30.5 Å². The largest absolute Gasteiger partial charge is 0.468 e. The molecule has 0 aromatic heterocycles. The van der Waals surface area contributed by atoms with Crippen molar-refractivity contribution in [2.24, 2.45) is 0 Å². The van der Waals surface area contributed by atoms with E-state index in [4.69, 9.17) is 0 Å². The predicted molar refractivity (Wildman–Crippen MR) is 41.4 cm³/mol. The third-order valence-corrected chi connectivity index (χ3v) is 1.53. The number of alkyl halides is 1. The van der Waals surface area contributed by atoms with E-state index in [1.54, 1.807) is 0 Å². The van der Waals surface area contributed by atoms with Crippen molar-refractivity contribution >= 4 is 27.9 Å². The Balaban J connectivity index is 3.60. The molecule has 0 fully saturated rings. The number of hydrogen-bond donors (Lipinski definition) is 0. The van der Waals surface area contributed by atoms with E-state index in [1.807, 2.05) is 0 Å². The Morgan fingerprint density at radius 2 is 2.09 bits per heavy atom. The first-order valence-electron chi connectivity index (χ1n) is 2.93. The third-order valence-electron chi connectivity index (χ3n) is 0.890. The van der Waals surface area contributed by atoms with Gasteiger partial charge in [0, 0.05) is 6.92 Å². The van der Waals surface area contributed by atoms with Crippen molar-refractivity contribution in [1.29, 1.82) is 0 Å². The van der Waals surface area contributed by atoms with Crippen LogP contribution in [0.15, 0.2) is 0 Å². The third kappa shape index (κ3) is 4.78. The van der Waals surface area contributed by atoms with Gasteiger partial charge < -0.3 is 9.47 Å². The second kappa shape index (κ2) is 5.12. The van der Waals surface area contributed by atoms with Gasteiger partial charge in [0.05, 0.1) is 7.11 Å². The maximum atomic E-state index is 10.7. The molecule has 11 heavy (non-hydrogen) atoms. The van der Waals surface area contributed by atoms with E-state index in [0.717, 1.165) is 0 Å². The normalized spacial score (nSPS) is 11.9. The summed E-state index contributed by atoms with van der Waals surface area (Å²) in [6.45, 7) is 1.28. The summed E-state index contributed by atoms with van der Waals surface area (Å²) in [7, 11) is 1.27. The molecule has 0 aromatic rings. The van der Waals surface area contributed by atoms with E-state index >= 15 is 0 Å². The molecular formula is C6H9BrO4. The number of ether oxygens (including phenoxy) is 2. The molecule has 1 unspecified atom stereocenters. The van der Waals surface area contributed by atoms with Crippen LogP contribution in [-0.2, 0) is 19.1 Å². The first kappa shape index (κ1) is 10.4. The molecule has 0 aliphatic heterocycles. The number of hydrogen-bond acceptors (Lipinski definition) is 4. The van der Waals surface area contributed by atoms with Crippen LogP contribution in [0.25, 0.3) is 0 Å². The fraction of sp³-hybridized carbons (Fsp3) is 0.667. The highest BCUT2D eigenvalue weighted by Crippen LogP contribution is 2.01. The summed E-state index contributed by atoms with van der Waals surface area (Å²) in [4.78, 5) is 20.4. The van der Waals surface area contributed by atoms with Gasteiger partial charge in [0.2, 0.25) is 0 Å². The summed E-state index contributed by atoms with van der Waals surface area (Å²) in [5.41, 5.74) is 0. The van der Waals surface area contributed by atoms with Crippen LogP contribution in [0.3, 0.4) is 0 Å². The summed E-state index contributed by atoms with van der Waals surface area (Å²) in [6, 6.07) is 0. The molecule has 5 heteroatoms. The summed E-state index contributed by atoms with van der Waals surface area (Å²) in [5, 5.41) is 0. The highest BCUT2D eigenvalue weighted by Gasteiger charge is 2.15. The molecule has 0 amide bonds. The van der Waals surface area contributed by atoms with Crippen LogP contribution in [0.1, 0.15) is 6.92 Å². The van der Waals surface area contributed by atoms with Crippen molar-refractivity contribution < 1.29 is 19.1 Å². The molecule has 0 N–H and O–H groups in total. The van der Waals surface area contributed by atoms with Crippen LogP contribution in [0.2, 0.25) is 0 Å². The van der Waals surface area contributed by atoms with Crippen molar-refractivity contribution in [2.45, 2.75) is 11.8 Å². The average Bonchev–Trinajstić information content (AvgIpc) is 1.98. The van der Waals surface area contributed by atoms with Gasteiger partial charge in [-0.05, 0) is 0 Å². The number of esters is 2. The monoisotopic (exact) mass is 224 g/mol. The fourth-order valence-corrected chi connectivity index (χ4v) is 0.706. The van der Waals surface area contributed by atoms with E-state index in [1.165, 1.54) is 14.0 Å². The lowest BCUT2D eigenvalue weighted by Gasteiger charge is -2.06. The molecule has 0 saturated heterocycles. The Kier molecular flexibility index (Phi) is 4.85. The molecule has 0 aromatic carbocycles. The minimum Gasteiger partial charge on any atom is -0.468 e. The second-order valence-corrected chi connectivity index (χ2v) is 2.90. The lowest BCUT2D eigenvalue weighted by molar-refractivity contribution is -0.145. The Bertz CT molecular complexity index is 157. The zero-order valence-electron chi connectivity index (χ0n) is 6.30. The van der Waals surface area contributed by atoms with Gasteiger partial charge in [-0.15, -0.1) is 0 Å². The van der Waals surface area contributed by atoms with Crippen LogP contribution < -0.4 is 0 Å². The molecule has 1 atom stereocenters. The Morgan fingerprint density at radius 3 is 2.45 bits per heavy atom. The van der Waals surface area contributed by atoms with Gasteiger partial charge >= 0.3 is 11.9 Å². The maximum absolute atomic E-state index is 10.7. The van der Waals surface area contributed by atoms with Crippen molar-refractivity contribution in [2.75, 3.05) is 13.7 Å². The topological polar surface area (TPSA) is 52.6 Å². The van der Waals surface area contributed by atoms with E-state index in [2.05, 4.69) is 25.4 Å². The van der Waals surface area contributed by atoms with Crippen LogP contribution in [0.4, 0.5) is 0 Å². The zero-order valence-corrected chi connectivity index (χ0v) is 7.88. The lowest BCUT2D eigenvalue weighted by Crippen LogP contribution is -2.22. The maximum Gasteiger partial charge on any atom is 0.322 e. The smallest absolute Gasteiger partial charge is 0.322 e. The lowest BCUT2D eigenvalue weighted by atomic mass is 10.5.